The zero-order chi connectivity index (χ0) is 32.5. The molecule has 0 saturated carbocycles. The normalized spacial score (nSPS) is 15.6. The highest BCUT2D eigenvalue weighted by atomic mass is 35.5. The van der Waals surface area contributed by atoms with Crippen LogP contribution in [0.15, 0.2) is 0 Å². The summed E-state index contributed by atoms with van der Waals surface area (Å²) in [7, 11) is -7.79. The zero-order valence-electron chi connectivity index (χ0n) is 19.7. The van der Waals surface area contributed by atoms with Gasteiger partial charge in [-0.3, -0.25) is 0 Å². The second kappa shape index (κ2) is 11.7. The van der Waals surface area contributed by atoms with Crippen LogP contribution in [-0.4, -0.2) is 90.2 Å². The Morgan fingerprint density at radius 1 is 0.590 bits per heavy atom. The molecule has 0 rings (SSSR count). The van der Waals surface area contributed by atoms with E-state index in [1.54, 1.807) is 0 Å². The monoisotopic (exact) mass is 661 g/mol. The summed E-state index contributed by atoms with van der Waals surface area (Å²) in [6.45, 7) is 14.2. The van der Waals surface area contributed by atoms with Crippen LogP contribution in [0.1, 0.15) is 27.7 Å². The van der Waals surface area contributed by atoms with E-state index in [0.717, 1.165) is 4.74 Å². The SMILES string of the molecule is CC[N+](CC)(CC)CC.O=S(=O)([O-])C(F)(F)C(F)(F)OC(F)(F)C(F)(F)C(F)(F)C(F)(F)C(F)(F)C(F)(F)Cl. The predicted molar refractivity (Wildman–Crippen MR) is 98.6 cm³/mol. The highest BCUT2D eigenvalue weighted by molar-refractivity contribution is 7.86. The molecule has 0 aromatic heterocycles. The molecule has 0 unspecified atom stereocenters. The number of rotatable bonds is 13. The van der Waals surface area contributed by atoms with Gasteiger partial charge in [0.2, 0.25) is 0 Å². The van der Waals surface area contributed by atoms with Crippen molar-refractivity contribution in [2.75, 3.05) is 26.2 Å². The minimum absolute atomic E-state index is 1.14. The van der Waals surface area contributed by atoms with E-state index in [4.69, 9.17) is 0 Å². The van der Waals surface area contributed by atoms with Gasteiger partial charge in [0, 0.05) is 0 Å². The quantitative estimate of drug-likeness (QED) is 0.0969. The van der Waals surface area contributed by atoms with Crippen LogP contribution in [0, 0.1) is 0 Å². The summed E-state index contributed by atoms with van der Waals surface area (Å²) in [6, 6.07) is 0. The summed E-state index contributed by atoms with van der Waals surface area (Å²) in [5, 5.41) is -14.3. The molecule has 0 fully saturated rings. The maximum absolute atomic E-state index is 13.1. The van der Waals surface area contributed by atoms with E-state index in [9.17, 15) is 83.2 Å². The molecule has 0 saturated heterocycles. The first kappa shape index (κ1) is 40.1. The summed E-state index contributed by atoms with van der Waals surface area (Å²) in [5.41, 5.74) is 0. The van der Waals surface area contributed by atoms with Gasteiger partial charge in [-0.15, -0.1) is 0 Å². The third-order valence-electron chi connectivity index (χ3n) is 5.50. The Morgan fingerprint density at radius 3 is 1.08 bits per heavy atom. The maximum atomic E-state index is 13.1. The number of ether oxygens (including phenoxy) is 1. The minimum Gasteiger partial charge on any atom is -0.743 e. The largest absolute Gasteiger partial charge is 0.743 e. The number of halogens is 17. The average molecular weight is 662 g/mol. The molecule has 0 spiro atoms. The van der Waals surface area contributed by atoms with Crippen molar-refractivity contribution in [2.24, 2.45) is 0 Å². The van der Waals surface area contributed by atoms with Gasteiger partial charge in [0.05, 0.1) is 26.2 Å². The lowest BCUT2D eigenvalue weighted by Gasteiger charge is -2.40. The summed E-state index contributed by atoms with van der Waals surface area (Å²) in [4.78, 5) is 0. The molecule has 0 aromatic carbocycles. The van der Waals surface area contributed by atoms with E-state index in [1.165, 1.54) is 30.7 Å². The van der Waals surface area contributed by atoms with Crippen molar-refractivity contribution in [3.63, 3.8) is 0 Å². The molecule has 0 N–H and O–H groups in total. The smallest absolute Gasteiger partial charge is 0.438 e. The summed E-state index contributed by atoms with van der Waals surface area (Å²) < 4.78 is 237. The number of hydrogen-bond donors (Lipinski definition) is 0. The molecule has 0 aliphatic heterocycles. The van der Waals surface area contributed by atoms with E-state index in [0.29, 0.717) is 0 Å². The van der Waals surface area contributed by atoms with Gasteiger partial charge in [0.1, 0.15) is 0 Å². The Morgan fingerprint density at radius 2 is 0.872 bits per heavy atom. The highest BCUT2D eigenvalue weighted by Gasteiger charge is 2.91. The van der Waals surface area contributed by atoms with Crippen LogP contribution in [0.5, 0.6) is 0 Å². The van der Waals surface area contributed by atoms with Gasteiger partial charge in [-0.1, -0.05) is 0 Å². The molecule has 0 bridgehead atoms. The van der Waals surface area contributed by atoms with Crippen LogP contribution in [0.2, 0.25) is 0 Å². The van der Waals surface area contributed by atoms with Gasteiger partial charge in [-0.2, -0.15) is 70.2 Å². The number of hydrogen-bond acceptors (Lipinski definition) is 4. The molecular formula is C16H20ClF16NO4S. The molecule has 238 valence electrons. The second-order valence-corrected chi connectivity index (χ2v) is 9.40. The van der Waals surface area contributed by atoms with Crippen molar-refractivity contribution in [1.82, 2.24) is 0 Å². The van der Waals surface area contributed by atoms with E-state index in [2.05, 4.69) is 39.3 Å². The van der Waals surface area contributed by atoms with E-state index < -0.39 is 56.7 Å². The molecule has 0 heterocycles. The topological polar surface area (TPSA) is 66.4 Å². The highest BCUT2D eigenvalue weighted by Crippen LogP contribution is 2.61. The van der Waals surface area contributed by atoms with Crippen molar-refractivity contribution < 1.29 is 92.4 Å². The predicted octanol–water partition coefficient (Wildman–Crippen LogP) is 6.58. The lowest BCUT2D eigenvalue weighted by Crippen LogP contribution is -2.71. The van der Waals surface area contributed by atoms with Gasteiger partial charge >= 0.3 is 46.5 Å². The molecule has 5 nitrogen and oxygen atoms in total. The van der Waals surface area contributed by atoms with Crippen molar-refractivity contribution in [3.05, 3.63) is 0 Å². The van der Waals surface area contributed by atoms with Gasteiger partial charge in [-0.05, 0) is 39.3 Å². The summed E-state index contributed by atoms with van der Waals surface area (Å²) >= 11 is 3.32. The Balaban J connectivity index is 0. The second-order valence-electron chi connectivity index (χ2n) is 7.51. The van der Waals surface area contributed by atoms with E-state index >= 15 is 0 Å². The fourth-order valence-electron chi connectivity index (χ4n) is 2.53. The average Bonchev–Trinajstić information content (AvgIpc) is 2.73. The van der Waals surface area contributed by atoms with Crippen LogP contribution < -0.4 is 0 Å². The fourth-order valence-corrected chi connectivity index (χ4v) is 2.98. The Hall–Kier alpha value is -1.00. The van der Waals surface area contributed by atoms with Crippen molar-refractivity contribution in [3.8, 4) is 0 Å². The number of nitrogens with zero attached hydrogens (tertiary/aromatic N) is 1. The third kappa shape index (κ3) is 7.08. The molecule has 0 aliphatic carbocycles. The molecule has 0 radical (unpaired) electrons. The van der Waals surface area contributed by atoms with Gasteiger partial charge in [0.15, 0.2) is 10.1 Å². The van der Waals surface area contributed by atoms with E-state index in [1.807, 2.05) is 0 Å². The van der Waals surface area contributed by atoms with Gasteiger partial charge in [0.25, 0.3) is 0 Å². The lowest BCUT2D eigenvalue weighted by atomic mass is 9.97. The first-order valence-corrected chi connectivity index (χ1v) is 11.7. The van der Waals surface area contributed by atoms with Crippen LogP contribution in [0.25, 0.3) is 0 Å². The maximum Gasteiger partial charge on any atom is 0.438 e. The molecular weight excluding hydrogens is 642 g/mol. The fraction of sp³-hybridized carbons (Fsp3) is 1.00. The van der Waals surface area contributed by atoms with Crippen molar-refractivity contribution >= 4 is 21.7 Å². The molecule has 0 aromatic rings. The van der Waals surface area contributed by atoms with Crippen LogP contribution in [0.4, 0.5) is 70.2 Å². The summed E-state index contributed by atoms with van der Waals surface area (Å²) in [5.74, 6) is -33.1. The number of alkyl halides is 17. The Labute approximate surface area is 215 Å². The number of quaternary nitrogens is 1. The Kier molecular flexibility index (Phi) is 12.0. The van der Waals surface area contributed by atoms with Crippen LogP contribution in [-0.2, 0) is 14.9 Å². The molecule has 23 heteroatoms. The van der Waals surface area contributed by atoms with Crippen molar-refractivity contribution in [1.29, 1.82) is 0 Å². The van der Waals surface area contributed by atoms with E-state index in [-0.39, 0.29) is 0 Å². The Bertz CT molecular complexity index is 902. The standard InChI is InChI=1S/C8HClF16O4S.C8H20N/c9-5(18,19)3(14,15)1(10,11)2(12,13)4(16,17)6(20,21)29-7(22,23)8(24,25)30(26,27)28;1-5-9(6-2,7-3)8-4/h(H,26,27,28);5-8H2,1-4H3/q;+1/p-1. The zero-order valence-corrected chi connectivity index (χ0v) is 21.3. The molecule has 39 heavy (non-hydrogen) atoms. The van der Waals surface area contributed by atoms with Crippen LogP contribution >= 0.6 is 11.6 Å². The minimum atomic E-state index is -8.52. The molecule has 0 atom stereocenters. The van der Waals surface area contributed by atoms with Gasteiger partial charge < -0.3 is 9.04 Å². The lowest BCUT2D eigenvalue weighted by molar-refractivity contribution is -0.921. The third-order valence-corrected chi connectivity index (χ3v) is 6.60. The molecule has 0 amide bonds. The first-order chi connectivity index (χ1) is 16.7. The van der Waals surface area contributed by atoms with Gasteiger partial charge in [-0.25, -0.2) is 13.2 Å². The molecule has 0 aliphatic rings. The summed E-state index contributed by atoms with van der Waals surface area (Å²) in [6.07, 6.45) is -15.8. The van der Waals surface area contributed by atoms with Crippen LogP contribution in [0.3, 0.4) is 0 Å². The first-order valence-electron chi connectivity index (χ1n) is 9.92. The van der Waals surface area contributed by atoms with Crippen molar-refractivity contribution in [2.45, 2.75) is 74.2 Å².